The average Bonchev–Trinajstić information content (AvgIpc) is 3.53. The summed E-state index contributed by atoms with van der Waals surface area (Å²) in [7, 11) is 0. The number of benzene rings is 8. The fourth-order valence-corrected chi connectivity index (χ4v) is 7.22. The Morgan fingerprint density at radius 1 is 0.347 bits per heavy atom. The van der Waals surface area contributed by atoms with Gasteiger partial charge in [0, 0.05) is 56.4 Å². The summed E-state index contributed by atoms with van der Waals surface area (Å²) in [5.74, 6) is 0. The van der Waals surface area contributed by atoms with E-state index in [1.807, 2.05) is 0 Å². The Hall–Kier alpha value is -6.32. The average molecular weight is 631 g/mol. The zero-order chi connectivity index (χ0) is 32.9. The van der Waals surface area contributed by atoms with Crippen molar-refractivity contribution < 1.29 is 4.42 Å². The summed E-state index contributed by atoms with van der Waals surface area (Å²) in [5, 5.41) is 6.93. The monoisotopic (exact) mass is 630 g/mol. The minimum atomic E-state index is 0.862. The molecule has 9 rings (SSSR count). The van der Waals surface area contributed by atoms with Crippen molar-refractivity contribution in [2.24, 2.45) is 0 Å². The fraction of sp³-hybridized carbons (Fsp3) is 0.0435. The highest BCUT2D eigenvalue weighted by molar-refractivity contribution is 6.30. The van der Waals surface area contributed by atoms with Crippen molar-refractivity contribution in [3.05, 3.63) is 181 Å². The highest BCUT2D eigenvalue weighted by Crippen LogP contribution is 2.48. The lowest BCUT2D eigenvalue weighted by Crippen LogP contribution is -2.10. The summed E-state index contributed by atoms with van der Waals surface area (Å²) in [5.41, 5.74) is 10.7. The van der Waals surface area contributed by atoms with Crippen LogP contribution in [0, 0.1) is 13.8 Å². The molecule has 0 aliphatic carbocycles. The van der Waals surface area contributed by atoms with Gasteiger partial charge in [0.25, 0.3) is 0 Å². The van der Waals surface area contributed by atoms with E-state index < -0.39 is 0 Å². The van der Waals surface area contributed by atoms with Gasteiger partial charge in [-0.15, -0.1) is 0 Å². The first-order valence-electron chi connectivity index (χ1n) is 16.8. The summed E-state index contributed by atoms with van der Waals surface area (Å²) >= 11 is 0. The first-order chi connectivity index (χ1) is 24.1. The normalized spacial score (nSPS) is 11.5. The summed E-state index contributed by atoms with van der Waals surface area (Å²) in [4.78, 5) is 4.68. The van der Waals surface area contributed by atoms with Gasteiger partial charge in [0.1, 0.15) is 11.2 Å². The van der Waals surface area contributed by atoms with Gasteiger partial charge in [0.05, 0.1) is 11.4 Å². The molecule has 3 nitrogen and oxygen atoms in total. The summed E-state index contributed by atoms with van der Waals surface area (Å²) in [6, 6.07) is 60.6. The Balaban J connectivity index is 1.36. The zero-order valence-corrected chi connectivity index (χ0v) is 27.5. The number of anilines is 6. The molecule has 0 saturated carbocycles. The highest BCUT2D eigenvalue weighted by atomic mass is 16.3. The molecule has 0 amide bonds. The molecular formula is C46H34N2O. The second kappa shape index (κ2) is 11.7. The van der Waals surface area contributed by atoms with E-state index in [-0.39, 0.29) is 0 Å². The molecule has 8 aromatic carbocycles. The molecule has 0 radical (unpaired) electrons. The molecule has 0 bridgehead atoms. The Kier molecular flexibility index (Phi) is 6.91. The van der Waals surface area contributed by atoms with Crippen LogP contribution in [0.5, 0.6) is 0 Å². The number of hydrogen-bond donors (Lipinski definition) is 0. The quantitative estimate of drug-likeness (QED) is 0.182. The van der Waals surface area contributed by atoms with Crippen LogP contribution in [0.25, 0.3) is 43.5 Å². The molecule has 0 N–H and O–H groups in total. The van der Waals surface area contributed by atoms with Gasteiger partial charge in [-0.05, 0) is 73.2 Å². The number of furan rings is 1. The fourth-order valence-electron chi connectivity index (χ4n) is 7.22. The minimum Gasteiger partial charge on any atom is -0.456 e. The summed E-state index contributed by atoms with van der Waals surface area (Å²) in [6.45, 7) is 4.26. The number of fused-ring (bicyclic) bond motifs is 7. The van der Waals surface area contributed by atoms with Crippen molar-refractivity contribution in [2.75, 3.05) is 9.80 Å². The van der Waals surface area contributed by atoms with E-state index in [0.29, 0.717) is 0 Å². The lowest BCUT2D eigenvalue weighted by Gasteiger charge is -2.27. The molecule has 0 atom stereocenters. The third kappa shape index (κ3) is 4.90. The molecule has 0 unspecified atom stereocenters. The molecule has 0 aliphatic heterocycles. The molecule has 1 heterocycles. The van der Waals surface area contributed by atoms with E-state index >= 15 is 0 Å². The first kappa shape index (κ1) is 28.9. The van der Waals surface area contributed by atoms with Crippen molar-refractivity contribution in [3.63, 3.8) is 0 Å². The molecule has 9 aromatic rings. The number of rotatable bonds is 6. The van der Waals surface area contributed by atoms with Crippen molar-refractivity contribution in [1.29, 1.82) is 0 Å². The topological polar surface area (TPSA) is 19.6 Å². The Labute approximate surface area is 285 Å². The Bertz CT molecular complexity index is 2420. The van der Waals surface area contributed by atoms with Gasteiger partial charge in [-0.3, -0.25) is 0 Å². The van der Waals surface area contributed by atoms with Crippen LogP contribution < -0.4 is 9.80 Å². The smallest absolute Gasteiger partial charge is 0.138 e. The van der Waals surface area contributed by atoms with Crippen molar-refractivity contribution >= 4 is 77.6 Å². The summed E-state index contributed by atoms with van der Waals surface area (Å²) < 4.78 is 6.98. The number of nitrogens with zero attached hydrogens (tertiary/aromatic N) is 2. The molecular weight excluding hydrogens is 597 g/mol. The number of aryl methyl sites for hydroxylation is 2. The van der Waals surface area contributed by atoms with E-state index in [1.165, 1.54) is 21.9 Å². The van der Waals surface area contributed by atoms with Crippen LogP contribution in [-0.2, 0) is 0 Å². The maximum absolute atomic E-state index is 6.98. The third-order valence-electron chi connectivity index (χ3n) is 9.54. The second-order valence-electron chi connectivity index (χ2n) is 12.7. The van der Waals surface area contributed by atoms with Crippen LogP contribution in [0.3, 0.4) is 0 Å². The van der Waals surface area contributed by atoms with Gasteiger partial charge >= 0.3 is 0 Å². The van der Waals surface area contributed by atoms with Gasteiger partial charge in [-0.1, -0.05) is 120 Å². The second-order valence-corrected chi connectivity index (χ2v) is 12.7. The predicted octanol–water partition coefficient (Wildman–Crippen LogP) is 13.4. The van der Waals surface area contributed by atoms with Gasteiger partial charge in [-0.2, -0.15) is 0 Å². The van der Waals surface area contributed by atoms with Gasteiger partial charge < -0.3 is 14.2 Å². The molecule has 234 valence electrons. The molecule has 0 fully saturated rings. The van der Waals surface area contributed by atoms with E-state index in [9.17, 15) is 0 Å². The molecule has 49 heavy (non-hydrogen) atoms. The Morgan fingerprint density at radius 2 is 0.673 bits per heavy atom. The number of para-hydroxylation sites is 2. The van der Waals surface area contributed by atoms with E-state index in [1.54, 1.807) is 0 Å². The van der Waals surface area contributed by atoms with Gasteiger partial charge in [0.2, 0.25) is 0 Å². The molecule has 0 saturated heterocycles. The number of hydrogen-bond acceptors (Lipinski definition) is 3. The lowest BCUT2D eigenvalue weighted by molar-refractivity contribution is 0.669. The maximum atomic E-state index is 6.98. The van der Waals surface area contributed by atoms with Crippen LogP contribution in [0.15, 0.2) is 174 Å². The van der Waals surface area contributed by atoms with Crippen molar-refractivity contribution in [3.8, 4) is 0 Å². The van der Waals surface area contributed by atoms with Crippen LogP contribution in [0.2, 0.25) is 0 Å². The maximum Gasteiger partial charge on any atom is 0.138 e. The van der Waals surface area contributed by atoms with Crippen LogP contribution >= 0.6 is 0 Å². The third-order valence-corrected chi connectivity index (χ3v) is 9.54. The van der Waals surface area contributed by atoms with Gasteiger partial charge in [0.15, 0.2) is 0 Å². The SMILES string of the molecule is Cc1ccc(N(c2ccccc2)c2cc3oc4cc(N(c5ccccc5)c5ccc(C)cc5)c5ccccc5c4c3c3ccccc23)cc1. The first-order valence-corrected chi connectivity index (χ1v) is 16.8. The molecule has 0 spiro atoms. The minimum absolute atomic E-state index is 0.862. The van der Waals surface area contributed by atoms with E-state index in [2.05, 4.69) is 194 Å². The summed E-state index contributed by atoms with van der Waals surface area (Å²) in [6.07, 6.45) is 0. The zero-order valence-electron chi connectivity index (χ0n) is 27.5. The Morgan fingerprint density at radius 3 is 1.06 bits per heavy atom. The van der Waals surface area contributed by atoms with Crippen LogP contribution in [-0.4, -0.2) is 0 Å². The van der Waals surface area contributed by atoms with Crippen molar-refractivity contribution in [2.45, 2.75) is 13.8 Å². The molecule has 0 aliphatic rings. The van der Waals surface area contributed by atoms with E-state index in [4.69, 9.17) is 4.42 Å². The van der Waals surface area contributed by atoms with Crippen molar-refractivity contribution in [1.82, 2.24) is 0 Å². The van der Waals surface area contributed by atoms with Crippen LogP contribution in [0.4, 0.5) is 34.1 Å². The van der Waals surface area contributed by atoms with Crippen LogP contribution in [0.1, 0.15) is 11.1 Å². The largest absolute Gasteiger partial charge is 0.456 e. The standard InChI is InChI=1S/C46H34N2O/c1-31-21-25-35(26-22-31)47(33-13-5-3-6-14-33)41-29-43-45(39-19-11-9-17-37(39)41)46-40-20-12-10-18-38(40)42(30-44(46)49-43)48(34-15-7-4-8-16-34)36-27-23-32(2)24-28-36/h3-30H,1-2H3. The lowest BCUT2D eigenvalue weighted by atomic mass is 9.96. The predicted molar refractivity (Wildman–Crippen MR) is 208 cm³/mol. The highest BCUT2D eigenvalue weighted by Gasteiger charge is 2.24. The molecule has 3 heteroatoms. The van der Waals surface area contributed by atoms with Gasteiger partial charge in [-0.25, -0.2) is 0 Å². The molecule has 1 aromatic heterocycles. The van der Waals surface area contributed by atoms with E-state index in [0.717, 1.165) is 66.8 Å².